The van der Waals surface area contributed by atoms with Gasteiger partial charge in [-0.15, -0.1) is 0 Å². The van der Waals surface area contributed by atoms with Crippen LogP contribution < -0.4 is 9.47 Å². The number of benzene rings is 4. The highest BCUT2D eigenvalue weighted by atomic mass is 16.5. The normalized spacial score (nSPS) is 13.6. The number of carbonyl (C=O) groups is 1. The van der Waals surface area contributed by atoms with E-state index in [1.807, 2.05) is 83.8 Å². The third kappa shape index (κ3) is 9.82. The minimum Gasteiger partial charge on any atom is -0.481 e. The van der Waals surface area contributed by atoms with E-state index >= 15 is 0 Å². The van der Waals surface area contributed by atoms with Crippen LogP contribution in [0.1, 0.15) is 66.1 Å². The summed E-state index contributed by atoms with van der Waals surface area (Å²) >= 11 is 0. The lowest BCUT2D eigenvalue weighted by Gasteiger charge is -2.35. The molecule has 1 saturated heterocycles. The van der Waals surface area contributed by atoms with Crippen LogP contribution in [0.5, 0.6) is 17.4 Å². The molecule has 0 bridgehead atoms. The minimum absolute atomic E-state index is 0.0514. The molecule has 4 aromatic carbocycles. The maximum Gasteiger partial charge on any atom is 0.254 e. The van der Waals surface area contributed by atoms with Gasteiger partial charge in [0, 0.05) is 43.0 Å². The van der Waals surface area contributed by atoms with Crippen molar-refractivity contribution in [2.45, 2.75) is 58.5 Å². The van der Waals surface area contributed by atoms with Gasteiger partial charge in [0.25, 0.3) is 5.91 Å². The summed E-state index contributed by atoms with van der Waals surface area (Å²) in [6.07, 6.45) is 8.94. The molecule has 1 fully saturated rings. The summed E-state index contributed by atoms with van der Waals surface area (Å²) in [6.45, 7) is 6.59. The zero-order chi connectivity index (χ0) is 34.5. The topological polar surface area (TPSA) is 54.9 Å². The lowest BCUT2D eigenvalue weighted by atomic mass is 9.95. The summed E-state index contributed by atoms with van der Waals surface area (Å²) in [6, 6.07) is 38.8. The molecule has 50 heavy (non-hydrogen) atoms. The third-order valence-corrected chi connectivity index (χ3v) is 9.66. The third-order valence-electron chi connectivity index (χ3n) is 9.66. The van der Waals surface area contributed by atoms with Crippen molar-refractivity contribution < 1.29 is 14.3 Å². The number of unbranched alkanes of at least 4 members (excludes halogenated alkanes) is 2. The lowest BCUT2D eigenvalue weighted by Crippen LogP contribution is -2.40. The van der Waals surface area contributed by atoms with Crippen LogP contribution in [0.3, 0.4) is 0 Å². The molecule has 1 aliphatic rings. The Morgan fingerprint density at radius 2 is 1.42 bits per heavy atom. The van der Waals surface area contributed by atoms with E-state index in [-0.39, 0.29) is 5.91 Å². The van der Waals surface area contributed by atoms with E-state index in [2.05, 4.69) is 53.2 Å². The highest BCUT2D eigenvalue weighted by molar-refractivity contribution is 5.94. The van der Waals surface area contributed by atoms with Gasteiger partial charge in [0.2, 0.25) is 5.88 Å². The molecule has 1 amide bonds. The molecule has 0 saturated carbocycles. The van der Waals surface area contributed by atoms with Gasteiger partial charge < -0.3 is 14.4 Å². The standard InChI is InChI=1S/C44H49N3O3/c1-3-4-6-9-34-12-14-35(15-13-34)31-46-28-26-37(27-29-46)33-47(32-36-16-23-42(24-17-36)50-41-10-7-5-8-11-41)44(48)39-20-18-38(19-21-39)40-22-25-43(49-2)45-30-40/h5,7-8,10-25,30,37H,3-4,6,9,26-29,31-33H2,1-2H3. The number of ether oxygens (including phenoxy) is 2. The van der Waals surface area contributed by atoms with Crippen LogP contribution in [0.15, 0.2) is 121 Å². The predicted octanol–water partition coefficient (Wildman–Crippen LogP) is 9.84. The quantitative estimate of drug-likeness (QED) is 0.104. The second-order valence-corrected chi connectivity index (χ2v) is 13.4. The van der Waals surface area contributed by atoms with Crippen LogP contribution in [-0.4, -0.2) is 47.4 Å². The number of hydrogen-bond acceptors (Lipinski definition) is 5. The predicted molar refractivity (Wildman–Crippen MR) is 202 cm³/mol. The van der Waals surface area contributed by atoms with E-state index in [0.717, 1.165) is 67.2 Å². The van der Waals surface area contributed by atoms with Crippen LogP contribution in [0.4, 0.5) is 0 Å². The number of aromatic nitrogens is 1. The zero-order valence-electron chi connectivity index (χ0n) is 29.5. The average molecular weight is 668 g/mol. The van der Waals surface area contributed by atoms with Crippen molar-refractivity contribution in [3.63, 3.8) is 0 Å². The maximum atomic E-state index is 14.1. The molecule has 6 rings (SSSR count). The Morgan fingerprint density at radius 3 is 2.08 bits per heavy atom. The number of pyridine rings is 1. The summed E-state index contributed by atoms with van der Waals surface area (Å²) in [4.78, 5) is 23.1. The molecule has 1 aliphatic heterocycles. The number of amides is 1. The number of piperidine rings is 1. The molecule has 0 atom stereocenters. The molecule has 2 heterocycles. The molecule has 0 aliphatic carbocycles. The average Bonchev–Trinajstić information content (AvgIpc) is 3.17. The molecule has 5 aromatic rings. The van der Waals surface area contributed by atoms with Crippen molar-refractivity contribution in [3.05, 3.63) is 144 Å². The fraction of sp³-hybridized carbons (Fsp3) is 0.318. The van der Waals surface area contributed by atoms with Gasteiger partial charge in [-0.05, 0) is 109 Å². The Balaban J connectivity index is 1.10. The molecular formula is C44H49N3O3. The molecule has 0 spiro atoms. The Labute approximate surface area is 297 Å². The van der Waals surface area contributed by atoms with Crippen LogP contribution in [0.25, 0.3) is 11.1 Å². The minimum atomic E-state index is 0.0514. The second kappa shape index (κ2) is 17.6. The molecule has 6 heteroatoms. The Kier molecular flexibility index (Phi) is 12.3. The van der Waals surface area contributed by atoms with Gasteiger partial charge in [-0.3, -0.25) is 9.69 Å². The summed E-state index contributed by atoms with van der Waals surface area (Å²) in [5.74, 6) is 2.65. The van der Waals surface area contributed by atoms with Crippen LogP contribution in [0, 0.1) is 5.92 Å². The second-order valence-electron chi connectivity index (χ2n) is 13.4. The number of nitrogens with zero attached hydrogens (tertiary/aromatic N) is 3. The number of carbonyl (C=O) groups excluding carboxylic acids is 1. The van der Waals surface area contributed by atoms with Crippen molar-refractivity contribution in [3.8, 4) is 28.5 Å². The van der Waals surface area contributed by atoms with Gasteiger partial charge in [0.15, 0.2) is 0 Å². The number of methoxy groups -OCH3 is 1. The molecule has 0 unspecified atom stereocenters. The zero-order valence-corrected chi connectivity index (χ0v) is 29.5. The lowest BCUT2D eigenvalue weighted by molar-refractivity contribution is 0.0672. The summed E-state index contributed by atoms with van der Waals surface area (Å²) in [7, 11) is 1.61. The summed E-state index contributed by atoms with van der Waals surface area (Å²) in [5, 5.41) is 0. The van der Waals surface area contributed by atoms with Gasteiger partial charge in [-0.25, -0.2) is 4.98 Å². The highest BCUT2D eigenvalue weighted by Crippen LogP contribution is 2.26. The van der Waals surface area contributed by atoms with Gasteiger partial charge in [0.05, 0.1) is 7.11 Å². The Bertz CT molecular complexity index is 1750. The number of rotatable bonds is 15. The van der Waals surface area contributed by atoms with Crippen molar-refractivity contribution in [1.82, 2.24) is 14.8 Å². The first kappa shape index (κ1) is 34.9. The number of hydrogen-bond donors (Lipinski definition) is 0. The van der Waals surface area contributed by atoms with Gasteiger partial charge >= 0.3 is 0 Å². The SMILES string of the molecule is CCCCCc1ccc(CN2CCC(CN(Cc3ccc(Oc4ccccc4)cc3)C(=O)c3ccc(-c4ccc(OC)nc4)cc3)CC2)cc1. The van der Waals surface area contributed by atoms with Gasteiger partial charge in [-0.2, -0.15) is 0 Å². The first-order valence-corrected chi connectivity index (χ1v) is 18.1. The first-order valence-electron chi connectivity index (χ1n) is 18.1. The van der Waals surface area contributed by atoms with E-state index in [9.17, 15) is 4.79 Å². The summed E-state index contributed by atoms with van der Waals surface area (Å²) in [5.41, 5.74) is 6.58. The maximum absolute atomic E-state index is 14.1. The van der Waals surface area contributed by atoms with Crippen molar-refractivity contribution in [1.29, 1.82) is 0 Å². The van der Waals surface area contributed by atoms with Gasteiger partial charge in [-0.1, -0.05) is 86.5 Å². The van der Waals surface area contributed by atoms with E-state index < -0.39 is 0 Å². The van der Waals surface area contributed by atoms with Crippen molar-refractivity contribution in [2.24, 2.45) is 5.92 Å². The van der Waals surface area contributed by atoms with Crippen molar-refractivity contribution >= 4 is 5.91 Å². The number of aryl methyl sites for hydroxylation is 1. The van der Waals surface area contributed by atoms with Crippen LogP contribution >= 0.6 is 0 Å². The highest BCUT2D eigenvalue weighted by Gasteiger charge is 2.25. The molecule has 0 radical (unpaired) electrons. The molecule has 0 N–H and O–H groups in total. The molecule has 1 aromatic heterocycles. The Morgan fingerprint density at radius 1 is 0.760 bits per heavy atom. The molecular weight excluding hydrogens is 619 g/mol. The monoisotopic (exact) mass is 667 g/mol. The molecule has 6 nitrogen and oxygen atoms in total. The van der Waals surface area contributed by atoms with E-state index in [4.69, 9.17) is 9.47 Å². The largest absolute Gasteiger partial charge is 0.481 e. The van der Waals surface area contributed by atoms with E-state index in [1.165, 1.54) is 36.8 Å². The van der Waals surface area contributed by atoms with Crippen LogP contribution in [-0.2, 0) is 19.5 Å². The number of likely N-dealkylation sites (tertiary alicyclic amines) is 1. The fourth-order valence-corrected chi connectivity index (χ4v) is 6.67. The van der Waals surface area contributed by atoms with E-state index in [1.54, 1.807) is 13.3 Å². The van der Waals surface area contributed by atoms with E-state index in [0.29, 0.717) is 23.9 Å². The van der Waals surface area contributed by atoms with Crippen LogP contribution in [0.2, 0.25) is 0 Å². The smallest absolute Gasteiger partial charge is 0.254 e. The fourth-order valence-electron chi connectivity index (χ4n) is 6.67. The van der Waals surface area contributed by atoms with Crippen molar-refractivity contribution in [2.75, 3.05) is 26.7 Å². The summed E-state index contributed by atoms with van der Waals surface area (Å²) < 4.78 is 11.2. The molecule has 258 valence electrons. The van der Waals surface area contributed by atoms with Gasteiger partial charge in [0.1, 0.15) is 11.5 Å². The first-order chi connectivity index (χ1) is 24.6. The number of para-hydroxylation sites is 1. The Hall–Kier alpha value is -4.94.